The number of hydrogen-bond acceptors (Lipinski definition) is 6. The molecule has 0 aliphatic heterocycles. The smallest absolute Gasteiger partial charge is 0.434 e. The summed E-state index contributed by atoms with van der Waals surface area (Å²) in [6, 6.07) is 11.2. The van der Waals surface area contributed by atoms with Gasteiger partial charge in [-0.15, -0.1) is 13.2 Å². The number of alkyl halides is 3. The van der Waals surface area contributed by atoms with Gasteiger partial charge in [0.05, 0.1) is 5.69 Å². The van der Waals surface area contributed by atoms with Crippen LogP contribution >= 0.6 is 12.2 Å². The fraction of sp³-hybridized carbons (Fsp3) is 0.100. The van der Waals surface area contributed by atoms with E-state index in [4.69, 9.17) is 16.6 Å². The Kier molecular flexibility index (Phi) is 5.42. The predicted molar refractivity (Wildman–Crippen MR) is 113 cm³/mol. The Hall–Kier alpha value is -3.73. The number of oxazole rings is 1. The third kappa shape index (κ3) is 5.07. The summed E-state index contributed by atoms with van der Waals surface area (Å²) >= 11 is 5.22. The Labute approximate surface area is 179 Å². The molecule has 4 aromatic rings. The molecule has 0 amide bonds. The van der Waals surface area contributed by atoms with Crippen molar-refractivity contribution in [3.8, 4) is 17.2 Å². The lowest BCUT2D eigenvalue weighted by atomic mass is 10.2. The number of halogens is 3. The minimum Gasteiger partial charge on any atom is -0.434 e. The molecular weight excluding hydrogens is 431 g/mol. The second-order valence-electron chi connectivity index (χ2n) is 6.40. The maximum Gasteiger partial charge on any atom is 0.573 e. The van der Waals surface area contributed by atoms with Gasteiger partial charge in [-0.2, -0.15) is 4.98 Å². The zero-order chi connectivity index (χ0) is 22.0. The van der Waals surface area contributed by atoms with Crippen molar-refractivity contribution in [1.29, 1.82) is 0 Å². The van der Waals surface area contributed by atoms with Crippen LogP contribution in [-0.4, -0.2) is 26.4 Å². The summed E-state index contributed by atoms with van der Waals surface area (Å²) in [6.45, 7) is 1.65. The molecule has 3 heterocycles. The van der Waals surface area contributed by atoms with Gasteiger partial charge in [0.25, 0.3) is 0 Å². The van der Waals surface area contributed by atoms with E-state index in [0.717, 1.165) is 0 Å². The van der Waals surface area contributed by atoms with Crippen LogP contribution in [0.5, 0.6) is 5.75 Å². The van der Waals surface area contributed by atoms with Gasteiger partial charge in [-0.3, -0.25) is 0 Å². The van der Waals surface area contributed by atoms with Crippen LogP contribution in [0.4, 0.5) is 24.7 Å². The number of rotatable bonds is 4. The van der Waals surface area contributed by atoms with E-state index in [2.05, 4.69) is 30.3 Å². The van der Waals surface area contributed by atoms with Crippen LogP contribution in [-0.2, 0) is 0 Å². The summed E-state index contributed by atoms with van der Waals surface area (Å²) < 4.78 is 47.8. The van der Waals surface area contributed by atoms with Gasteiger partial charge < -0.3 is 19.8 Å². The Bertz CT molecular complexity index is 1230. The number of thiocarbonyl (C=S) groups is 1. The molecule has 0 bridgehead atoms. The fourth-order valence-corrected chi connectivity index (χ4v) is 2.95. The molecule has 0 aliphatic carbocycles. The number of hydrogen-bond donors (Lipinski definition) is 2. The average Bonchev–Trinajstić information content (AvgIpc) is 3.13. The standard InChI is InChI=1S/C20H14F3N5O2S/c1-11-4-5-13(15(9-11)30-20(21,22)23)26-19(31)27-16-10-12(6-8-24-16)18-28-17-14(29-18)3-2-7-25-17/h2-10H,1H3,(H2,24,26,27,31). The normalized spacial score (nSPS) is 11.4. The zero-order valence-corrected chi connectivity index (χ0v) is 16.7. The molecule has 0 radical (unpaired) electrons. The van der Waals surface area contributed by atoms with E-state index >= 15 is 0 Å². The molecule has 0 unspecified atom stereocenters. The molecule has 3 aromatic heterocycles. The minimum atomic E-state index is -4.83. The van der Waals surface area contributed by atoms with Crippen LogP contribution in [0, 0.1) is 6.92 Å². The van der Waals surface area contributed by atoms with E-state index in [9.17, 15) is 13.2 Å². The van der Waals surface area contributed by atoms with Gasteiger partial charge >= 0.3 is 6.36 Å². The summed E-state index contributed by atoms with van der Waals surface area (Å²) in [6.07, 6.45) is -1.70. The van der Waals surface area contributed by atoms with Crippen molar-refractivity contribution in [3.05, 3.63) is 60.4 Å². The third-order valence-corrected chi connectivity index (χ3v) is 4.23. The van der Waals surface area contributed by atoms with Gasteiger partial charge in [0.2, 0.25) is 5.89 Å². The van der Waals surface area contributed by atoms with Gasteiger partial charge in [-0.25, -0.2) is 9.97 Å². The van der Waals surface area contributed by atoms with Crippen LogP contribution in [0.15, 0.2) is 59.3 Å². The van der Waals surface area contributed by atoms with E-state index in [1.807, 2.05) is 0 Å². The molecule has 4 rings (SSSR count). The van der Waals surface area contributed by atoms with Crippen LogP contribution in [0.2, 0.25) is 0 Å². The van der Waals surface area contributed by atoms with Gasteiger partial charge in [-0.05, 0) is 61.1 Å². The lowest BCUT2D eigenvalue weighted by molar-refractivity contribution is -0.274. The molecular formula is C20H14F3N5O2S. The number of pyridine rings is 2. The maximum absolute atomic E-state index is 12.7. The van der Waals surface area contributed by atoms with Crippen molar-refractivity contribution in [3.63, 3.8) is 0 Å². The van der Waals surface area contributed by atoms with Gasteiger partial charge in [-0.1, -0.05) is 6.07 Å². The van der Waals surface area contributed by atoms with Gasteiger partial charge in [0, 0.05) is 18.0 Å². The fourth-order valence-electron chi connectivity index (χ4n) is 2.74. The summed E-state index contributed by atoms with van der Waals surface area (Å²) in [5, 5.41) is 5.55. The summed E-state index contributed by atoms with van der Waals surface area (Å²) in [5.41, 5.74) is 2.29. The number of ether oxygens (including phenoxy) is 1. The summed E-state index contributed by atoms with van der Waals surface area (Å²) in [7, 11) is 0. The molecule has 0 spiro atoms. The van der Waals surface area contributed by atoms with Gasteiger partial charge in [0.1, 0.15) is 5.82 Å². The molecule has 0 saturated carbocycles. The highest BCUT2D eigenvalue weighted by Crippen LogP contribution is 2.31. The van der Waals surface area contributed by atoms with Crippen molar-refractivity contribution < 1.29 is 22.3 Å². The average molecular weight is 445 g/mol. The molecule has 2 N–H and O–H groups in total. The van der Waals surface area contributed by atoms with Crippen molar-refractivity contribution in [2.24, 2.45) is 0 Å². The summed E-state index contributed by atoms with van der Waals surface area (Å²) in [5.74, 6) is 0.297. The molecule has 0 fully saturated rings. The largest absolute Gasteiger partial charge is 0.573 e. The molecule has 0 atom stereocenters. The van der Waals surface area contributed by atoms with E-state index in [1.165, 1.54) is 18.3 Å². The SMILES string of the molecule is Cc1ccc(NC(=S)Nc2cc(-c3nc4ncccc4o3)ccn2)c(OC(F)(F)F)c1. The number of fused-ring (bicyclic) bond motifs is 1. The highest BCUT2D eigenvalue weighted by molar-refractivity contribution is 7.80. The zero-order valence-electron chi connectivity index (χ0n) is 15.9. The molecule has 7 nitrogen and oxygen atoms in total. The van der Waals surface area contributed by atoms with E-state index < -0.39 is 12.1 Å². The number of benzene rings is 1. The molecule has 31 heavy (non-hydrogen) atoms. The highest BCUT2D eigenvalue weighted by atomic mass is 32.1. The van der Waals surface area contributed by atoms with E-state index in [-0.39, 0.29) is 10.8 Å². The Balaban J connectivity index is 1.51. The number of nitrogens with one attached hydrogen (secondary N) is 2. The molecule has 11 heteroatoms. The quantitative estimate of drug-likeness (QED) is 0.410. The monoisotopic (exact) mass is 445 g/mol. The first kappa shape index (κ1) is 20.5. The first-order chi connectivity index (χ1) is 14.8. The molecule has 1 aromatic carbocycles. The Morgan fingerprint density at radius 2 is 1.90 bits per heavy atom. The Morgan fingerprint density at radius 1 is 1.06 bits per heavy atom. The third-order valence-electron chi connectivity index (χ3n) is 4.02. The van der Waals surface area contributed by atoms with Crippen LogP contribution in [0.1, 0.15) is 5.56 Å². The number of aryl methyl sites for hydroxylation is 1. The molecule has 0 saturated heterocycles. The molecule has 158 valence electrons. The second kappa shape index (κ2) is 8.19. The van der Waals surface area contributed by atoms with Gasteiger partial charge in [0.15, 0.2) is 22.1 Å². The molecule has 0 aliphatic rings. The summed E-state index contributed by atoms with van der Waals surface area (Å²) in [4.78, 5) is 12.6. The van der Waals surface area contributed by atoms with Crippen LogP contribution < -0.4 is 15.4 Å². The highest BCUT2D eigenvalue weighted by Gasteiger charge is 2.32. The lowest BCUT2D eigenvalue weighted by Crippen LogP contribution is -2.22. The second-order valence-corrected chi connectivity index (χ2v) is 6.81. The lowest BCUT2D eigenvalue weighted by Gasteiger charge is -2.16. The number of anilines is 2. The maximum atomic E-state index is 12.7. The Morgan fingerprint density at radius 3 is 2.68 bits per heavy atom. The van der Waals surface area contributed by atoms with Crippen molar-refractivity contribution in [2.45, 2.75) is 13.3 Å². The van der Waals surface area contributed by atoms with E-state index in [0.29, 0.717) is 34.1 Å². The van der Waals surface area contributed by atoms with Crippen LogP contribution in [0.25, 0.3) is 22.7 Å². The number of nitrogens with zero attached hydrogens (tertiary/aromatic N) is 3. The first-order valence-corrected chi connectivity index (χ1v) is 9.30. The van der Waals surface area contributed by atoms with E-state index in [1.54, 1.807) is 43.5 Å². The van der Waals surface area contributed by atoms with Crippen LogP contribution in [0.3, 0.4) is 0 Å². The topological polar surface area (TPSA) is 85.1 Å². The number of aromatic nitrogens is 3. The first-order valence-electron chi connectivity index (χ1n) is 8.89. The van der Waals surface area contributed by atoms with Crippen molar-refractivity contribution in [1.82, 2.24) is 15.0 Å². The predicted octanol–water partition coefficient (Wildman–Crippen LogP) is 5.30. The van der Waals surface area contributed by atoms with Crippen molar-refractivity contribution >= 4 is 40.1 Å². The minimum absolute atomic E-state index is 0.0276. The van der Waals surface area contributed by atoms with Crippen molar-refractivity contribution in [2.75, 3.05) is 10.6 Å².